The number of benzene rings is 2. The Morgan fingerprint density at radius 1 is 1.00 bits per heavy atom. The molecule has 0 aliphatic carbocycles. The molecule has 0 aliphatic heterocycles. The molecule has 4 rings (SSSR count). The summed E-state index contributed by atoms with van der Waals surface area (Å²) in [5, 5.41) is 3.66. The van der Waals surface area contributed by atoms with Crippen LogP contribution in [0.5, 0.6) is 0 Å². The monoisotopic (exact) mass is 402 g/mol. The Morgan fingerprint density at radius 3 is 2.48 bits per heavy atom. The molecule has 144 valence electrons. The molecule has 0 radical (unpaired) electrons. The van der Waals surface area contributed by atoms with Crippen LogP contribution in [0.25, 0.3) is 10.2 Å². The molecule has 1 N–H and O–H groups in total. The smallest absolute Gasteiger partial charge is 0.274 e. The van der Waals surface area contributed by atoms with Gasteiger partial charge in [-0.2, -0.15) is 0 Å². The van der Waals surface area contributed by atoms with Crippen molar-refractivity contribution in [2.24, 2.45) is 0 Å². The Balaban J connectivity index is 1.41. The molecule has 2 aromatic carbocycles. The summed E-state index contributed by atoms with van der Waals surface area (Å²) >= 11 is 1.59. The molecule has 0 spiro atoms. The Hall–Kier alpha value is -3.58. The first kappa shape index (κ1) is 18.8. The van der Waals surface area contributed by atoms with Gasteiger partial charge in [0, 0.05) is 24.5 Å². The molecule has 0 atom stereocenters. The number of anilines is 1. The van der Waals surface area contributed by atoms with Crippen LogP contribution in [0.15, 0.2) is 72.9 Å². The number of fused-ring (bicyclic) bond motifs is 1. The molecule has 6 nitrogen and oxygen atoms in total. The molecule has 0 fully saturated rings. The van der Waals surface area contributed by atoms with Crippen molar-refractivity contribution in [1.82, 2.24) is 14.9 Å². The van der Waals surface area contributed by atoms with Gasteiger partial charge in [-0.25, -0.2) is 4.98 Å². The first-order valence-electron chi connectivity index (χ1n) is 9.02. The van der Waals surface area contributed by atoms with Crippen LogP contribution in [0.2, 0.25) is 0 Å². The summed E-state index contributed by atoms with van der Waals surface area (Å²) in [6.07, 6.45) is 1.57. The Bertz CT molecular complexity index is 1120. The van der Waals surface area contributed by atoms with Crippen LogP contribution < -0.4 is 5.32 Å². The van der Waals surface area contributed by atoms with Gasteiger partial charge in [-0.3, -0.25) is 14.6 Å². The maximum absolute atomic E-state index is 12.7. The highest BCUT2D eigenvalue weighted by Crippen LogP contribution is 2.23. The average molecular weight is 402 g/mol. The van der Waals surface area contributed by atoms with Crippen molar-refractivity contribution >= 4 is 39.1 Å². The van der Waals surface area contributed by atoms with Gasteiger partial charge in [0.1, 0.15) is 10.7 Å². The van der Waals surface area contributed by atoms with Gasteiger partial charge in [0.2, 0.25) is 0 Å². The molecule has 2 aromatic heterocycles. The van der Waals surface area contributed by atoms with Gasteiger partial charge < -0.3 is 10.2 Å². The lowest BCUT2D eigenvalue weighted by Gasteiger charge is -2.16. The zero-order valence-corrected chi connectivity index (χ0v) is 16.5. The van der Waals surface area contributed by atoms with Gasteiger partial charge in [0.25, 0.3) is 11.8 Å². The van der Waals surface area contributed by atoms with Crippen LogP contribution in [0, 0.1) is 0 Å². The summed E-state index contributed by atoms with van der Waals surface area (Å²) in [6, 6.07) is 19.9. The minimum absolute atomic E-state index is 0.105. The Kier molecular flexibility index (Phi) is 5.31. The summed E-state index contributed by atoms with van der Waals surface area (Å²) in [5.41, 5.74) is 2.43. The topological polar surface area (TPSA) is 75.2 Å². The van der Waals surface area contributed by atoms with E-state index in [4.69, 9.17) is 0 Å². The van der Waals surface area contributed by atoms with Gasteiger partial charge in [0.05, 0.1) is 16.8 Å². The van der Waals surface area contributed by atoms with Gasteiger partial charge in [-0.1, -0.05) is 18.2 Å². The molecule has 0 saturated heterocycles. The minimum Gasteiger partial charge on any atom is -0.335 e. The van der Waals surface area contributed by atoms with Gasteiger partial charge in [0.15, 0.2) is 0 Å². The molecule has 0 saturated carbocycles. The van der Waals surface area contributed by atoms with Crippen LogP contribution >= 0.6 is 11.3 Å². The lowest BCUT2D eigenvalue weighted by molar-refractivity contribution is 0.0785. The van der Waals surface area contributed by atoms with Crippen molar-refractivity contribution in [1.29, 1.82) is 0 Å². The fourth-order valence-corrected chi connectivity index (χ4v) is 3.89. The van der Waals surface area contributed by atoms with Crippen molar-refractivity contribution < 1.29 is 9.59 Å². The number of pyridine rings is 1. The fourth-order valence-electron chi connectivity index (χ4n) is 2.87. The standard InChI is InChI=1S/C22H18N4O2S/c1-26(14-20-25-17-6-2-3-8-19(17)29-20)22(28)15-9-11-16(12-10-15)24-21(27)18-7-4-5-13-23-18/h2-13H,14H2,1H3,(H,24,27). The molecule has 0 unspecified atom stereocenters. The second kappa shape index (κ2) is 8.20. The highest BCUT2D eigenvalue weighted by atomic mass is 32.1. The summed E-state index contributed by atoms with van der Waals surface area (Å²) in [7, 11) is 1.76. The van der Waals surface area contributed by atoms with Crippen molar-refractivity contribution in [3.63, 3.8) is 0 Å². The van der Waals surface area contributed by atoms with Gasteiger partial charge in [-0.15, -0.1) is 11.3 Å². The number of aromatic nitrogens is 2. The van der Waals surface area contributed by atoms with Crippen LogP contribution in [0.1, 0.15) is 25.9 Å². The zero-order chi connectivity index (χ0) is 20.2. The second-order valence-electron chi connectivity index (χ2n) is 6.48. The molecule has 2 amide bonds. The number of carbonyl (C=O) groups excluding carboxylic acids is 2. The second-order valence-corrected chi connectivity index (χ2v) is 7.60. The first-order chi connectivity index (χ1) is 14.1. The van der Waals surface area contributed by atoms with Gasteiger partial charge in [-0.05, 0) is 48.5 Å². The van der Waals surface area contributed by atoms with E-state index >= 15 is 0 Å². The Morgan fingerprint density at radius 2 is 1.76 bits per heavy atom. The lowest BCUT2D eigenvalue weighted by Crippen LogP contribution is -2.26. The SMILES string of the molecule is CN(Cc1nc2ccccc2s1)C(=O)c1ccc(NC(=O)c2ccccn2)cc1. The zero-order valence-electron chi connectivity index (χ0n) is 15.7. The number of hydrogen-bond acceptors (Lipinski definition) is 5. The predicted molar refractivity (Wildman–Crippen MR) is 114 cm³/mol. The number of nitrogens with zero attached hydrogens (tertiary/aromatic N) is 3. The molecule has 2 heterocycles. The van der Waals surface area contributed by atoms with Crippen molar-refractivity contribution in [2.75, 3.05) is 12.4 Å². The fraction of sp³-hybridized carbons (Fsp3) is 0.0909. The summed E-state index contributed by atoms with van der Waals surface area (Å²) < 4.78 is 1.11. The number of rotatable bonds is 5. The number of thiazole rings is 1. The average Bonchev–Trinajstić information content (AvgIpc) is 3.16. The Labute approximate surface area is 171 Å². The summed E-state index contributed by atoms with van der Waals surface area (Å²) in [5.74, 6) is -0.399. The predicted octanol–water partition coefficient (Wildman–Crippen LogP) is 4.22. The third kappa shape index (κ3) is 4.30. The van der Waals surface area contributed by atoms with E-state index in [1.807, 2.05) is 24.3 Å². The number of amides is 2. The molecular formula is C22H18N4O2S. The highest BCUT2D eigenvalue weighted by Gasteiger charge is 2.15. The molecule has 7 heteroatoms. The van der Waals surface area contributed by atoms with E-state index in [-0.39, 0.29) is 11.8 Å². The maximum atomic E-state index is 12.7. The van der Waals surface area contributed by atoms with Crippen molar-refractivity contribution in [2.45, 2.75) is 6.54 Å². The molecule has 29 heavy (non-hydrogen) atoms. The molecule has 4 aromatic rings. The molecule has 0 aliphatic rings. The molecule has 0 bridgehead atoms. The summed E-state index contributed by atoms with van der Waals surface area (Å²) in [6.45, 7) is 0.441. The summed E-state index contributed by atoms with van der Waals surface area (Å²) in [4.78, 5) is 35.1. The van der Waals surface area contributed by atoms with E-state index in [0.717, 1.165) is 15.2 Å². The van der Waals surface area contributed by atoms with Crippen molar-refractivity contribution in [3.05, 3.63) is 89.2 Å². The van der Waals surface area contributed by atoms with E-state index in [2.05, 4.69) is 15.3 Å². The highest BCUT2D eigenvalue weighted by molar-refractivity contribution is 7.18. The number of carbonyl (C=O) groups is 2. The van der Waals surface area contributed by atoms with Crippen molar-refractivity contribution in [3.8, 4) is 0 Å². The van der Waals surface area contributed by atoms with E-state index in [1.165, 1.54) is 0 Å². The quantitative estimate of drug-likeness (QED) is 0.542. The van der Waals surface area contributed by atoms with E-state index < -0.39 is 0 Å². The maximum Gasteiger partial charge on any atom is 0.274 e. The third-order valence-electron chi connectivity index (χ3n) is 4.34. The minimum atomic E-state index is -0.294. The van der Waals surface area contributed by atoms with E-state index in [9.17, 15) is 9.59 Å². The number of nitrogens with one attached hydrogen (secondary N) is 1. The van der Waals surface area contributed by atoms with Crippen LogP contribution in [-0.4, -0.2) is 33.7 Å². The third-order valence-corrected chi connectivity index (χ3v) is 5.37. The van der Waals surface area contributed by atoms with E-state index in [0.29, 0.717) is 23.5 Å². The normalized spacial score (nSPS) is 10.7. The lowest BCUT2D eigenvalue weighted by atomic mass is 10.2. The van der Waals surface area contributed by atoms with Crippen LogP contribution in [0.3, 0.4) is 0 Å². The van der Waals surface area contributed by atoms with Crippen LogP contribution in [0.4, 0.5) is 5.69 Å². The molecular weight excluding hydrogens is 384 g/mol. The van der Waals surface area contributed by atoms with Crippen LogP contribution in [-0.2, 0) is 6.54 Å². The van der Waals surface area contributed by atoms with E-state index in [1.54, 1.807) is 71.9 Å². The number of hydrogen-bond donors (Lipinski definition) is 1. The first-order valence-corrected chi connectivity index (χ1v) is 9.84. The number of para-hydroxylation sites is 1. The largest absolute Gasteiger partial charge is 0.335 e. The van der Waals surface area contributed by atoms with Gasteiger partial charge >= 0.3 is 0 Å².